The molecule has 0 saturated carbocycles. The highest BCUT2D eigenvalue weighted by Crippen LogP contribution is 2.43. The van der Waals surface area contributed by atoms with E-state index in [1.54, 1.807) is 31.4 Å². The molecule has 2 atom stereocenters. The molecule has 110 valence electrons. The van der Waals surface area contributed by atoms with Gasteiger partial charge in [0.25, 0.3) is 0 Å². The molecule has 0 saturated heterocycles. The van der Waals surface area contributed by atoms with Crippen LogP contribution in [0.1, 0.15) is 29.8 Å². The van der Waals surface area contributed by atoms with Crippen molar-refractivity contribution in [3.8, 4) is 11.5 Å². The summed E-state index contributed by atoms with van der Waals surface area (Å²) in [5, 5.41) is 10.3. The average molecular weight is 353 g/mol. The van der Waals surface area contributed by atoms with Gasteiger partial charge in [0, 0.05) is 28.1 Å². The van der Waals surface area contributed by atoms with Gasteiger partial charge in [-0.1, -0.05) is 22.0 Å². The van der Waals surface area contributed by atoms with Crippen molar-refractivity contribution in [2.75, 3.05) is 7.11 Å². The van der Waals surface area contributed by atoms with Crippen LogP contribution in [0.15, 0.2) is 40.9 Å². The Hall–Kier alpha value is -1.59. The molecule has 1 heterocycles. The highest BCUT2D eigenvalue weighted by atomic mass is 79.9. The summed E-state index contributed by atoms with van der Waals surface area (Å²) in [6, 6.07) is 9.79. The Morgan fingerprint density at radius 3 is 2.71 bits per heavy atom. The van der Waals surface area contributed by atoms with Gasteiger partial charge in [-0.05, 0) is 24.3 Å². The molecule has 1 N–H and O–H groups in total. The third kappa shape index (κ3) is 2.76. The number of ether oxygens (including phenoxy) is 2. The molecule has 0 radical (unpaired) electrons. The number of aliphatic hydroxyl groups excluding tert-OH is 1. The van der Waals surface area contributed by atoms with Crippen LogP contribution in [0.2, 0.25) is 0 Å². The van der Waals surface area contributed by atoms with Gasteiger partial charge in [0.1, 0.15) is 23.4 Å². The second kappa shape index (κ2) is 5.66. The first-order valence-electron chi connectivity index (χ1n) is 6.56. The maximum absolute atomic E-state index is 13.2. The summed E-state index contributed by atoms with van der Waals surface area (Å²) >= 11 is 3.34. The number of hydrogen-bond donors (Lipinski definition) is 1. The van der Waals surface area contributed by atoms with Crippen molar-refractivity contribution in [1.82, 2.24) is 0 Å². The van der Waals surface area contributed by atoms with Crippen molar-refractivity contribution in [2.24, 2.45) is 0 Å². The highest BCUT2D eigenvalue weighted by molar-refractivity contribution is 9.10. The summed E-state index contributed by atoms with van der Waals surface area (Å²) in [5.41, 5.74) is 1.55. The molecule has 0 aromatic heterocycles. The first kappa shape index (κ1) is 14.4. The molecule has 0 fully saturated rings. The van der Waals surface area contributed by atoms with Crippen LogP contribution < -0.4 is 9.47 Å². The third-order valence-electron chi connectivity index (χ3n) is 3.60. The summed E-state index contributed by atoms with van der Waals surface area (Å²) in [6.45, 7) is 0. The van der Waals surface area contributed by atoms with Crippen LogP contribution in [0.4, 0.5) is 4.39 Å². The van der Waals surface area contributed by atoms with E-state index >= 15 is 0 Å². The average Bonchev–Trinajstić information content (AvgIpc) is 2.46. The van der Waals surface area contributed by atoms with E-state index in [0.717, 1.165) is 11.1 Å². The minimum Gasteiger partial charge on any atom is -0.497 e. The van der Waals surface area contributed by atoms with Gasteiger partial charge in [0.15, 0.2) is 0 Å². The molecule has 1 aliphatic heterocycles. The van der Waals surface area contributed by atoms with Gasteiger partial charge < -0.3 is 14.6 Å². The quantitative estimate of drug-likeness (QED) is 0.882. The van der Waals surface area contributed by atoms with Crippen LogP contribution in [0.3, 0.4) is 0 Å². The number of halogens is 2. The zero-order chi connectivity index (χ0) is 15.0. The largest absolute Gasteiger partial charge is 0.497 e. The van der Waals surface area contributed by atoms with Crippen LogP contribution in [0, 0.1) is 5.82 Å². The number of fused-ring (bicyclic) bond motifs is 1. The lowest BCUT2D eigenvalue weighted by atomic mass is 9.95. The van der Waals surface area contributed by atoms with E-state index in [9.17, 15) is 9.50 Å². The van der Waals surface area contributed by atoms with Crippen molar-refractivity contribution < 1.29 is 19.0 Å². The predicted molar refractivity (Wildman–Crippen MR) is 80.0 cm³/mol. The molecule has 2 aromatic rings. The normalized spacial score (nSPS) is 20.6. The van der Waals surface area contributed by atoms with Crippen molar-refractivity contribution in [1.29, 1.82) is 0 Å². The lowest BCUT2D eigenvalue weighted by Crippen LogP contribution is -2.19. The highest BCUT2D eigenvalue weighted by Gasteiger charge is 2.29. The predicted octanol–water partition coefficient (Wildman–Crippen LogP) is 4.15. The number of aliphatic hydroxyl groups is 1. The van der Waals surface area contributed by atoms with Gasteiger partial charge >= 0.3 is 0 Å². The van der Waals surface area contributed by atoms with E-state index in [0.29, 0.717) is 22.4 Å². The molecule has 0 bridgehead atoms. The topological polar surface area (TPSA) is 38.7 Å². The summed E-state index contributed by atoms with van der Waals surface area (Å²) < 4.78 is 25.0. The molecule has 0 aliphatic carbocycles. The fourth-order valence-electron chi connectivity index (χ4n) is 2.50. The van der Waals surface area contributed by atoms with E-state index in [2.05, 4.69) is 15.9 Å². The number of rotatable bonds is 2. The Labute approximate surface area is 130 Å². The van der Waals surface area contributed by atoms with Crippen LogP contribution in [-0.4, -0.2) is 12.2 Å². The zero-order valence-corrected chi connectivity index (χ0v) is 12.9. The van der Waals surface area contributed by atoms with Gasteiger partial charge in [-0.2, -0.15) is 0 Å². The van der Waals surface area contributed by atoms with Crippen molar-refractivity contribution >= 4 is 15.9 Å². The fourth-order valence-corrected chi connectivity index (χ4v) is 3.11. The molecule has 2 aromatic carbocycles. The monoisotopic (exact) mass is 352 g/mol. The molecule has 2 unspecified atom stereocenters. The standard InChI is InChI=1S/C16H14BrFO3/c1-20-10-3-5-12-14(19)8-16(21-15(12)7-10)11-4-2-9(18)6-13(11)17/h2-7,14,16,19H,8H2,1H3. The Kier molecular flexibility index (Phi) is 3.87. The Bertz CT molecular complexity index is 675. The van der Waals surface area contributed by atoms with Crippen molar-refractivity contribution in [2.45, 2.75) is 18.6 Å². The second-order valence-corrected chi connectivity index (χ2v) is 5.78. The lowest BCUT2D eigenvalue weighted by Gasteiger charge is -2.30. The minimum atomic E-state index is -0.624. The van der Waals surface area contributed by atoms with E-state index in [1.165, 1.54) is 12.1 Å². The van der Waals surface area contributed by atoms with E-state index in [-0.39, 0.29) is 11.9 Å². The van der Waals surface area contributed by atoms with Crippen LogP contribution in [0.25, 0.3) is 0 Å². The second-order valence-electron chi connectivity index (χ2n) is 4.93. The summed E-state index contributed by atoms with van der Waals surface area (Å²) in [5.74, 6) is 0.943. The Morgan fingerprint density at radius 1 is 1.24 bits per heavy atom. The maximum atomic E-state index is 13.2. The van der Waals surface area contributed by atoms with E-state index in [4.69, 9.17) is 9.47 Å². The Balaban J connectivity index is 1.96. The van der Waals surface area contributed by atoms with Gasteiger partial charge in [0.05, 0.1) is 13.2 Å². The molecule has 5 heteroatoms. The summed E-state index contributed by atoms with van der Waals surface area (Å²) in [7, 11) is 1.58. The molecule has 21 heavy (non-hydrogen) atoms. The molecular weight excluding hydrogens is 339 g/mol. The first-order chi connectivity index (χ1) is 10.1. The summed E-state index contributed by atoms with van der Waals surface area (Å²) in [6.07, 6.45) is -0.542. The maximum Gasteiger partial charge on any atom is 0.129 e. The SMILES string of the molecule is COc1ccc2c(c1)OC(c1ccc(F)cc1Br)CC2O. The number of methoxy groups -OCH3 is 1. The van der Waals surface area contributed by atoms with Gasteiger partial charge in [-0.3, -0.25) is 0 Å². The molecule has 0 amide bonds. The summed E-state index contributed by atoms with van der Waals surface area (Å²) in [4.78, 5) is 0. The molecular formula is C16H14BrFO3. The van der Waals surface area contributed by atoms with E-state index in [1.807, 2.05) is 0 Å². The molecule has 0 spiro atoms. The Morgan fingerprint density at radius 2 is 2.00 bits per heavy atom. The molecule has 3 nitrogen and oxygen atoms in total. The molecule has 3 rings (SSSR count). The minimum absolute atomic E-state index is 0.316. The molecule has 1 aliphatic rings. The fraction of sp³-hybridized carbons (Fsp3) is 0.250. The lowest BCUT2D eigenvalue weighted by molar-refractivity contribution is 0.0651. The van der Waals surface area contributed by atoms with Gasteiger partial charge in [0.2, 0.25) is 0 Å². The van der Waals surface area contributed by atoms with Crippen molar-refractivity contribution in [3.63, 3.8) is 0 Å². The third-order valence-corrected chi connectivity index (χ3v) is 4.28. The smallest absolute Gasteiger partial charge is 0.129 e. The number of benzene rings is 2. The first-order valence-corrected chi connectivity index (χ1v) is 7.35. The van der Waals surface area contributed by atoms with Gasteiger partial charge in [-0.15, -0.1) is 0 Å². The van der Waals surface area contributed by atoms with Gasteiger partial charge in [-0.25, -0.2) is 4.39 Å². The number of hydrogen-bond acceptors (Lipinski definition) is 3. The zero-order valence-electron chi connectivity index (χ0n) is 11.3. The van der Waals surface area contributed by atoms with Crippen LogP contribution >= 0.6 is 15.9 Å². The van der Waals surface area contributed by atoms with E-state index < -0.39 is 6.10 Å². The van der Waals surface area contributed by atoms with Crippen LogP contribution in [-0.2, 0) is 0 Å². The van der Waals surface area contributed by atoms with Crippen LogP contribution in [0.5, 0.6) is 11.5 Å². The van der Waals surface area contributed by atoms with Crippen molar-refractivity contribution in [3.05, 3.63) is 57.8 Å².